The maximum absolute atomic E-state index is 11.5. The van der Waals surface area contributed by atoms with Gasteiger partial charge in [0.05, 0.1) is 12.5 Å². The molecule has 1 saturated carbocycles. The molecule has 2 fully saturated rings. The van der Waals surface area contributed by atoms with Crippen LogP contribution in [0.3, 0.4) is 0 Å². The maximum Gasteiger partial charge on any atom is 0.234 e. The monoisotopic (exact) mass is 236 g/mol. The fourth-order valence-corrected chi connectivity index (χ4v) is 2.04. The van der Waals surface area contributed by atoms with Crippen LogP contribution >= 0.6 is 0 Å². The molecule has 3 rings (SSSR count). The second kappa shape index (κ2) is 4.10. The zero-order valence-corrected chi connectivity index (χ0v) is 9.85. The van der Waals surface area contributed by atoms with Gasteiger partial charge in [0.2, 0.25) is 11.8 Å². The summed E-state index contributed by atoms with van der Waals surface area (Å²) in [7, 11) is 0. The van der Waals surface area contributed by atoms with Crippen molar-refractivity contribution < 1.29 is 9.32 Å². The molecule has 1 amide bonds. The van der Waals surface area contributed by atoms with Crippen molar-refractivity contribution in [2.24, 2.45) is 0 Å². The van der Waals surface area contributed by atoms with E-state index in [9.17, 15) is 4.79 Å². The topological polar surface area (TPSA) is 71.3 Å². The van der Waals surface area contributed by atoms with Crippen molar-refractivity contribution in [3.63, 3.8) is 0 Å². The first-order valence-corrected chi connectivity index (χ1v) is 6.02. The van der Waals surface area contributed by atoms with Crippen LogP contribution in [0.4, 0.5) is 0 Å². The highest BCUT2D eigenvalue weighted by Gasteiger charge is 2.34. The summed E-state index contributed by atoms with van der Waals surface area (Å²) >= 11 is 0. The molecule has 6 heteroatoms. The average Bonchev–Trinajstić information content (AvgIpc) is 2.93. The van der Waals surface area contributed by atoms with Gasteiger partial charge in [0.25, 0.3) is 0 Å². The molecule has 1 N–H and O–H groups in total. The standard InChI is InChI=1S/C11H16N4O2/c1-7-12-11(17-14-7)8-4-15(5-8)6-10(16)13-9-2-3-9/h8-9H,2-6H2,1H3,(H,13,16). The number of aromatic nitrogens is 2. The maximum atomic E-state index is 11.5. The first kappa shape index (κ1) is 10.7. The van der Waals surface area contributed by atoms with E-state index in [0.29, 0.717) is 30.2 Å². The second-order valence-corrected chi connectivity index (χ2v) is 4.91. The number of hydrogen-bond acceptors (Lipinski definition) is 5. The van der Waals surface area contributed by atoms with Crippen LogP contribution in [0.1, 0.15) is 30.5 Å². The van der Waals surface area contributed by atoms with E-state index in [-0.39, 0.29) is 5.91 Å². The molecule has 1 aromatic heterocycles. The van der Waals surface area contributed by atoms with Gasteiger partial charge in [-0.3, -0.25) is 9.69 Å². The van der Waals surface area contributed by atoms with Gasteiger partial charge in [-0.1, -0.05) is 5.16 Å². The number of nitrogens with zero attached hydrogens (tertiary/aromatic N) is 3. The highest BCUT2D eigenvalue weighted by molar-refractivity contribution is 5.78. The van der Waals surface area contributed by atoms with Crippen LogP contribution in [-0.4, -0.2) is 46.6 Å². The Bertz CT molecular complexity index is 421. The molecule has 0 bridgehead atoms. The molecule has 1 aromatic rings. The van der Waals surface area contributed by atoms with E-state index in [1.54, 1.807) is 0 Å². The molecular weight excluding hydrogens is 220 g/mol. The number of hydrogen-bond donors (Lipinski definition) is 1. The molecule has 0 atom stereocenters. The summed E-state index contributed by atoms with van der Waals surface area (Å²) in [6.07, 6.45) is 2.27. The predicted octanol–water partition coefficient (Wildman–Crippen LogP) is 0.0558. The molecule has 0 radical (unpaired) electrons. The Morgan fingerprint density at radius 1 is 1.53 bits per heavy atom. The van der Waals surface area contributed by atoms with Crippen molar-refractivity contribution in [1.82, 2.24) is 20.4 Å². The van der Waals surface area contributed by atoms with Gasteiger partial charge in [-0.25, -0.2) is 0 Å². The van der Waals surface area contributed by atoms with Crippen LogP contribution in [0.5, 0.6) is 0 Å². The molecule has 92 valence electrons. The first-order chi connectivity index (χ1) is 8.20. The Morgan fingerprint density at radius 2 is 2.29 bits per heavy atom. The van der Waals surface area contributed by atoms with Gasteiger partial charge in [-0.2, -0.15) is 4.98 Å². The average molecular weight is 236 g/mol. The molecule has 6 nitrogen and oxygen atoms in total. The van der Waals surface area contributed by atoms with E-state index in [0.717, 1.165) is 25.9 Å². The molecule has 1 aliphatic carbocycles. The summed E-state index contributed by atoms with van der Waals surface area (Å²) in [5.41, 5.74) is 0. The van der Waals surface area contributed by atoms with Crippen LogP contribution in [0.2, 0.25) is 0 Å². The largest absolute Gasteiger partial charge is 0.352 e. The molecule has 1 aliphatic heterocycles. The molecule has 17 heavy (non-hydrogen) atoms. The lowest BCUT2D eigenvalue weighted by Gasteiger charge is -2.36. The summed E-state index contributed by atoms with van der Waals surface area (Å²) in [5.74, 6) is 1.80. The van der Waals surface area contributed by atoms with Gasteiger partial charge in [0.15, 0.2) is 5.82 Å². The van der Waals surface area contributed by atoms with Gasteiger partial charge in [0, 0.05) is 19.1 Å². The SMILES string of the molecule is Cc1noc(C2CN(CC(=O)NC3CC3)C2)n1. The zero-order valence-electron chi connectivity index (χ0n) is 9.85. The van der Waals surface area contributed by atoms with Crippen molar-refractivity contribution in [3.05, 3.63) is 11.7 Å². The minimum atomic E-state index is 0.132. The van der Waals surface area contributed by atoms with Crippen molar-refractivity contribution >= 4 is 5.91 Å². The van der Waals surface area contributed by atoms with Gasteiger partial charge in [-0.05, 0) is 19.8 Å². The normalized spacial score (nSPS) is 21.2. The molecular formula is C11H16N4O2. The summed E-state index contributed by atoms with van der Waals surface area (Å²) in [6.45, 7) is 3.96. The van der Waals surface area contributed by atoms with Crippen molar-refractivity contribution in [2.75, 3.05) is 19.6 Å². The second-order valence-electron chi connectivity index (χ2n) is 4.91. The van der Waals surface area contributed by atoms with Crippen LogP contribution in [0, 0.1) is 6.92 Å². The van der Waals surface area contributed by atoms with Gasteiger partial charge in [-0.15, -0.1) is 0 Å². The molecule has 2 aliphatic rings. The van der Waals surface area contributed by atoms with Crippen molar-refractivity contribution in [1.29, 1.82) is 0 Å². The Kier molecular flexibility index (Phi) is 2.58. The molecule has 0 aromatic carbocycles. The van der Waals surface area contributed by atoms with Crippen LogP contribution < -0.4 is 5.32 Å². The summed E-state index contributed by atoms with van der Waals surface area (Å²) < 4.78 is 5.11. The summed E-state index contributed by atoms with van der Waals surface area (Å²) in [5, 5.41) is 6.75. The molecule has 1 saturated heterocycles. The third-order valence-electron chi connectivity index (χ3n) is 3.16. The third-order valence-corrected chi connectivity index (χ3v) is 3.16. The van der Waals surface area contributed by atoms with Crippen LogP contribution in [0.15, 0.2) is 4.52 Å². The van der Waals surface area contributed by atoms with Crippen molar-refractivity contribution in [2.45, 2.75) is 31.7 Å². The lowest BCUT2D eigenvalue weighted by Crippen LogP contribution is -2.49. The Labute approximate surface area is 99.4 Å². The molecule has 0 unspecified atom stereocenters. The Balaban J connectivity index is 1.43. The van der Waals surface area contributed by atoms with Gasteiger partial charge >= 0.3 is 0 Å². The van der Waals surface area contributed by atoms with E-state index in [2.05, 4.69) is 20.4 Å². The summed E-state index contributed by atoms with van der Waals surface area (Å²) in [4.78, 5) is 17.8. The van der Waals surface area contributed by atoms with E-state index >= 15 is 0 Å². The zero-order chi connectivity index (χ0) is 11.8. The number of likely N-dealkylation sites (tertiary alicyclic amines) is 1. The van der Waals surface area contributed by atoms with Crippen LogP contribution in [-0.2, 0) is 4.79 Å². The number of aryl methyl sites for hydroxylation is 1. The predicted molar refractivity (Wildman–Crippen MR) is 59.4 cm³/mol. The number of amides is 1. The third kappa shape index (κ3) is 2.46. The van der Waals surface area contributed by atoms with Gasteiger partial charge in [0.1, 0.15) is 0 Å². The minimum absolute atomic E-state index is 0.132. The quantitative estimate of drug-likeness (QED) is 0.800. The van der Waals surface area contributed by atoms with Gasteiger partial charge < -0.3 is 9.84 Å². The van der Waals surface area contributed by atoms with Crippen LogP contribution in [0.25, 0.3) is 0 Å². The van der Waals surface area contributed by atoms with E-state index in [1.165, 1.54) is 0 Å². The summed E-state index contributed by atoms with van der Waals surface area (Å²) in [6, 6.07) is 0.443. The Morgan fingerprint density at radius 3 is 2.88 bits per heavy atom. The van der Waals surface area contributed by atoms with E-state index in [4.69, 9.17) is 4.52 Å². The smallest absolute Gasteiger partial charge is 0.234 e. The first-order valence-electron chi connectivity index (χ1n) is 6.02. The van der Waals surface area contributed by atoms with Crippen molar-refractivity contribution in [3.8, 4) is 0 Å². The van der Waals surface area contributed by atoms with E-state index < -0.39 is 0 Å². The molecule has 0 spiro atoms. The van der Waals surface area contributed by atoms with E-state index in [1.807, 2.05) is 6.92 Å². The fraction of sp³-hybridized carbons (Fsp3) is 0.727. The molecule has 2 heterocycles. The Hall–Kier alpha value is -1.43. The highest BCUT2D eigenvalue weighted by atomic mass is 16.5. The fourth-order valence-electron chi connectivity index (χ4n) is 2.04. The lowest BCUT2D eigenvalue weighted by molar-refractivity contribution is -0.123. The highest BCUT2D eigenvalue weighted by Crippen LogP contribution is 2.25. The number of nitrogens with one attached hydrogen (secondary N) is 1. The number of carbonyl (C=O) groups excluding carboxylic acids is 1. The number of rotatable bonds is 4. The minimum Gasteiger partial charge on any atom is -0.352 e. The number of carbonyl (C=O) groups is 1. The lowest BCUT2D eigenvalue weighted by atomic mass is 10.0.